The lowest BCUT2D eigenvalue weighted by Crippen LogP contribution is -2.33. The molecule has 0 spiro atoms. The predicted molar refractivity (Wildman–Crippen MR) is 95.8 cm³/mol. The quantitative estimate of drug-likeness (QED) is 0.855. The second kappa shape index (κ2) is 7.42. The third-order valence-electron chi connectivity index (χ3n) is 3.49. The number of hydrogen-bond donors (Lipinski definition) is 2. The molecule has 4 nitrogen and oxygen atoms in total. The zero-order valence-electron chi connectivity index (χ0n) is 13.4. The Morgan fingerprint density at radius 1 is 1.00 bits per heavy atom. The van der Waals surface area contributed by atoms with Gasteiger partial charge in [0.05, 0.1) is 6.54 Å². The first-order chi connectivity index (χ1) is 10.9. The number of nitrogens with one attached hydrogen (secondary N) is 2. The number of anilines is 1. The maximum atomic E-state index is 12.2. The number of hydrogen-bond acceptors (Lipinski definition) is 2. The highest BCUT2D eigenvalue weighted by molar-refractivity contribution is 9.10. The molecule has 23 heavy (non-hydrogen) atoms. The van der Waals surface area contributed by atoms with Crippen LogP contribution in [0.3, 0.4) is 0 Å². The minimum atomic E-state index is -0.259. The molecule has 0 heterocycles. The summed E-state index contributed by atoms with van der Waals surface area (Å²) in [7, 11) is 0. The van der Waals surface area contributed by atoms with Crippen LogP contribution < -0.4 is 10.6 Å². The normalized spacial score (nSPS) is 10.3. The fourth-order valence-corrected chi connectivity index (χ4v) is 2.41. The number of carbonyl (C=O) groups is 2. The van der Waals surface area contributed by atoms with Crippen LogP contribution in [0.5, 0.6) is 0 Å². The van der Waals surface area contributed by atoms with Crippen molar-refractivity contribution in [1.82, 2.24) is 5.32 Å². The molecule has 2 N–H and O–H groups in total. The molecule has 0 saturated carbocycles. The van der Waals surface area contributed by atoms with Crippen LogP contribution in [0.2, 0.25) is 0 Å². The van der Waals surface area contributed by atoms with E-state index in [2.05, 4.69) is 26.6 Å². The molecular weight excluding hydrogens is 356 g/mol. The molecule has 2 rings (SSSR count). The molecule has 0 radical (unpaired) electrons. The third kappa shape index (κ3) is 4.66. The van der Waals surface area contributed by atoms with E-state index >= 15 is 0 Å². The van der Waals surface area contributed by atoms with Crippen molar-refractivity contribution in [2.24, 2.45) is 0 Å². The molecule has 0 aliphatic carbocycles. The zero-order valence-corrected chi connectivity index (χ0v) is 15.0. The van der Waals surface area contributed by atoms with Gasteiger partial charge < -0.3 is 10.6 Å². The highest BCUT2D eigenvalue weighted by Gasteiger charge is 2.11. The average Bonchev–Trinajstić information content (AvgIpc) is 2.51. The molecule has 0 saturated heterocycles. The average molecular weight is 375 g/mol. The van der Waals surface area contributed by atoms with E-state index < -0.39 is 0 Å². The van der Waals surface area contributed by atoms with Gasteiger partial charge in [-0.3, -0.25) is 9.59 Å². The van der Waals surface area contributed by atoms with Gasteiger partial charge in [0.2, 0.25) is 5.91 Å². The van der Waals surface area contributed by atoms with E-state index in [1.165, 1.54) is 0 Å². The summed E-state index contributed by atoms with van der Waals surface area (Å²) in [6, 6.07) is 11.2. The van der Waals surface area contributed by atoms with Crippen molar-refractivity contribution in [3.63, 3.8) is 0 Å². The number of amides is 2. The van der Waals surface area contributed by atoms with Crippen LogP contribution in [0, 0.1) is 20.8 Å². The molecule has 2 aromatic carbocycles. The Morgan fingerprint density at radius 2 is 1.74 bits per heavy atom. The summed E-state index contributed by atoms with van der Waals surface area (Å²) in [6.07, 6.45) is 0. The first kappa shape index (κ1) is 17.2. The Morgan fingerprint density at radius 3 is 2.43 bits per heavy atom. The molecule has 0 bridgehead atoms. The molecule has 5 heteroatoms. The van der Waals surface area contributed by atoms with Crippen LogP contribution in [-0.2, 0) is 4.79 Å². The van der Waals surface area contributed by atoms with Gasteiger partial charge in [0.25, 0.3) is 5.91 Å². The Labute approximate surface area is 144 Å². The summed E-state index contributed by atoms with van der Waals surface area (Å²) >= 11 is 3.41. The second-order valence-electron chi connectivity index (χ2n) is 5.51. The Balaban J connectivity index is 1.94. The number of carbonyl (C=O) groups excluding carboxylic acids is 2. The van der Waals surface area contributed by atoms with Gasteiger partial charge in [-0.05, 0) is 56.2 Å². The van der Waals surface area contributed by atoms with Crippen molar-refractivity contribution in [3.8, 4) is 0 Å². The summed E-state index contributed by atoms with van der Waals surface area (Å²) in [5.41, 5.74) is 4.23. The van der Waals surface area contributed by atoms with Crippen molar-refractivity contribution >= 4 is 33.4 Å². The van der Waals surface area contributed by atoms with Gasteiger partial charge in [-0.25, -0.2) is 0 Å². The minimum Gasteiger partial charge on any atom is -0.343 e. The zero-order chi connectivity index (χ0) is 17.0. The van der Waals surface area contributed by atoms with E-state index in [4.69, 9.17) is 0 Å². The maximum absolute atomic E-state index is 12.2. The van der Waals surface area contributed by atoms with Gasteiger partial charge in [-0.1, -0.05) is 33.6 Å². The largest absolute Gasteiger partial charge is 0.343 e. The molecule has 120 valence electrons. The third-order valence-corrected chi connectivity index (χ3v) is 4.38. The SMILES string of the molecule is Cc1ccc(C)c(C(=O)NCC(=O)Nc2ccc(Br)c(C)c2)c1. The van der Waals surface area contributed by atoms with Crippen molar-refractivity contribution in [2.45, 2.75) is 20.8 Å². The molecule has 0 atom stereocenters. The van der Waals surface area contributed by atoms with Crippen molar-refractivity contribution in [3.05, 3.63) is 63.1 Å². The molecule has 0 fully saturated rings. The molecule has 0 aliphatic heterocycles. The Hall–Kier alpha value is -2.14. The van der Waals surface area contributed by atoms with E-state index in [9.17, 15) is 9.59 Å². The van der Waals surface area contributed by atoms with Crippen LogP contribution in [0.25, 0.3) is 0 Å². The van der Waals surface area contributed by atoms with Crippen LogP contribution >= 0.6 is 15.9 Å². The first-order valence-corrected chi connectivity index (χ1v) is 8.07. The summed E-state index contributed by atoms with van der Waals surface area (Å²) < 4.78 is 0.985. The summed E-state index contributed by atoms with van der Waals surface area (Å²) in [5.74, 6) is -0.501. The fraction of sp³-hybridized carbons (Fsp3) is 0.222. The predicted octanol–water partition coefficient (Wildman–Crippen LogP) is 3.74. The van der Waals surface area contributed by atoms with Crippen LogP contribution in [0.4, 0.5) is 5.69 Å². The maximum Gasteiger partial charge on any atom is 0.251 e. The van der Waals surface area contributed by atoms with Gasteiger partial charge in [0.15, 0.2) is 0 Å². The van der Waals surface area contributed by atoms with E-state index in [0.717, 1.165) is 21.2 Å². The number of benzene rings is 2. The Kier molecular flexibility index (Phi) is 5.55. The lowest BCUT2D eigenvalue weighted by molar-refractivity contribution is -0.115. The van der Waals surface area contributed by atoms with E-state index in [1.807, 2.05) is 57.2 Å². The number of halogens is 1. The summed E-state index contributed by atoms with van der Waals surface area (Å²) in [4.78, 5) is 24.1. The Bertz CT molecular complexity index is 757. The molecule has 2 aromatic rings. The van der Waals surface area contributed by atoms with Crippen LogP contribution in [0.1, 0.15) is 27.0 Å². The van der Waals surface area contributed by atoms with Crippen molar-refractivity contribution in [2.75, 3.05) is 11.9 Å². The first-order valence-electron chi connectivity index (χ1n) is 7.28. The van der Waals surface area contributed by atoms with Gasteiger partial charge in [-0.2, -0.15) is 0 Å². The lowest BCUT2D eigenvalue weighted by atomic mass is 10.1. The fourth-order valence-electron chi connectivity index (χ4n) is 2.16. The topological polar surface area (TPSA) is 58.2 Å². The van der Waals surface area contributed by atoms with E-state index in [0.29, 0.717) is 11.3 Å². The highest BCUT2D eigenvalue weighted by Crippen LogP contribution is 2.19. The molecular formula is C18H19BrN2O2. The summed E-state index contributed by atoms with van der Waals surface area (Å²) in [5, 5.41) is 5.42. The van der Waals surface area contributed by atoms with E-state index in [1.54, 1.807) is 0 Å². The molecule has 0 aromatic heterocycles. The van der Waals surface area contributed by atoms with E-state index in [-0.39, 0.29) is 18.4 Å². The van der Waals surface area contributed by atoms with Gasteiger partial charge >= 0.3 is 0 Å². The smallest absolute Gasteiger partial charge is 0.251 e. The monoisotopic (exact) mass is 374 g/mol. The molecule has 0 aliphatic rings. The standard InChI is InChI=1S/C18H19BrN2O2/c1-11-4-5-12(2)15(8-11)18(23)20-10-17(22)21-14-6-7-16(19)13(3)9-14/h4-9H,10H2,1-3H3,(H,20,23)(H,21,22). The van der Waals surface area contributed by atoms with Crippen LogP contribution in [0.15, 0.2) is 40.9 Å². The number of aryl methyl sites for hydroxylation is 3. The van der Waals surface area contributed by atoms with Crippen molar-refractivity contribution < 1.29 is 9.59 Å². The lowest BCUT2D eigenvalue weighted by Gasteiger charge is -2.10. The minimum absolute atomic E-state index is 0.0681. The highest BCUT2D eigenvalue weighted by atomic mass is 79.9. The second-order valence-corrected chi connectivity index (χ2v) is 6.37. The number of rotatable bonds is 4. The van der Waals surface area contributed by atoms with Gasteiger partial charge in [0, 0.05) is 15.7 Å². The van der Waals surface area contributed by atoms with Crippen molar-refractivity contribution in [1.29, 1.82) is 0 Å². The molecule has 2 amide bonds. The molecule has 0 unspecified atom stereocenters. The van der Waals surface area contributed by atoms with Gasteiger partial charge in [0.1, 0.15) is 0 Å². The van der Waals surface area contributed by atoms with Gasteiger partial charge in [-0.15, -0.1) is 0 Å². The summed E-state index contributed by atoms with van der Waals surface area (Å²) in [6.45, 7) is 5.68. The van der Waals surface area contributed by atoms with Crippen LogP contribution in [-0.4, -0.2) is 18.4 Å².